The lowest BCUT2D eigenvalue weighted by molar-refractivity contribution is -0.159. The average Bonchev–Trinajstić information content (AvgIpc) is 2.18. The molecule has 0 atom stereocenters. The number of hydrogen-bond donors (Lipinski definition) is 1. The Morgan fingerprint density at radius 2 is 1.25 bits per heavy atom. The molecule has 7 heteroatoms. The van der Waals surface area contributed by atoms with Crippen molar-refractivity contribution in [2.24, 2.45) is 0 Å². The van der Waals surface area contributed by atoms with E-state index >= 15 is 0 Å². The van der Waals surface area contributed by atoms with Crippen LogP contribution < -0.4 is 0 Å². The van der Waals surface area contributed by atoms with E-state index in [9.17, 15) is 26.3 Å². The molecule has 0 saturated carbocycles. The van der Waals surface area contributed by atoms with Crippen LogP contribution in [-0.4, -0.2) is 17.9 Å². The highest BCUT2D eigenvalue weighted by Gasteiger charge is 2.29. The number of benzene rings is 1. The fourth-order valence-electron chi connectivity index (χ4n) is 0.627. The van der Waals surface area contributed by atoms with Crippen LogP contribution in [0.3, 0.4) is 0 Å². The van der Waals surface area contributed by atoms with E-state index in [0.29, 0.717) is 0 Å². The molecule has 0 spiro atoms. The van der Waals surface area contributed by atoms with Gasteiger partial charge in [0, 0.05) is 0 Å². The largest absolute Gasteiger partial charge is 0.416 e. The maximum absolute atomic E-state index is 11.8. The first-order valence-electron chi connectivity index (χ1n) is 3.96. The third-order valence-electron chi connectivity index (χ3n) is 1.28. The van der Waals surface area contributed by atoms with Crippen molar-refractivity contribution in [3.8, 4) is 0 Å². The van der Waals surface area contributed by atoms with Crippen molar-refractivity contribution in [1.29, 1.82) is 0 Å². The molecule has 0 radical (unpaired) electrons. The first kappa shape index (κ1) is 14.8. The summed E-state index contributed by atoms with van der Waals surface area (Å²) in [4.78, 5) is 0. The zero-order chi connectivity index (χ0) is 12.8. The van der Waals surface area contributed by atoms with Crippen LogP contribution in [0.2, 0.25) is 0 Å². The Hall–Kier alpha value is -1.24. The van der Waals surface area contributed by atoms with Crippen molar-refractivity contribution < 1.29 is 31.4 Å². The molecule has 0 aliphatic heterocycles. The molecular weight excluding hydrogens is 238 g/mol. The van der Waals surface area contributed by atoms with E-state index < -0.39 is 24.5 Å². The molecule has 0 aliphatic carbocycles. The van der Waals surface area contributed by atoms with E-state index in [1.165, 1.54) is 12.1 Å². The van der Waals surface area contributed by atoms with Crippen molar-refractivity contribution >= 4 is 0 Å². The van der Waals surface area contributed by atoms with Gasteiger partial charge in [0.05, 0.1) is 5.56 Å². The highest BCUT2D eigenvalue weighted by atomic mass is 19.4. The summed E-state index contributed by atoms with van der Waals surface area (Å²) < 4.78 is 67.0. The molecule has 0 unspecified atom stereocenters. The van der Waals surface area contributed by atoms with Gasteiger partial charge in [-0.3, -0.25) is 0 Å². The van der Waals surface area contributed by atoms with Gasteiger partial charge in [0.15, 0.2) is 0 Å². The van der Waals surface area contributed by atoms with Crippen molar-refractivity contribution in [2.75, 3.05) is 6.61 Å². The van der Waals surface area contributed by atoms with E-state index in [-0.39, 0.29) is 0 Å². The normalized spacial score (nSPS) is 11.7. The molecule has 0 amide bonds. The van der Waals surface area contributed by atoms with Gasteiger partial charge in [0.2, 0.25) is 0 Å². The van der Waals surface area contributed by atoms with Gasteiger partial charge in [-0.2, -0.15) is 26.3 Å². The van der Waals surface area contributed by atoms with E-state index in [4.69, 9.17) is 5.11 Å². The molecule has 0 bridgehead atoms. The van der Waals surface area contributed by atoms with Gasteiger partial charge in [-0.25, -0.2) is 0 Å². The van der Waals surface area contributed by atoms with Crippen LogP contribution in [0, 0.1) is 0 Å². The number of hydrogen-bond acceptors (Lipinski definition) is 1. The second kappa shape index (κ2) is 5.74. The minimum atomic E-state index is -4.40. The molecule has 1 aromatic carbocycles. The van der Waals surface area contributed by atoms with Crippen molar-refractivity contribution in [2.45, 2.75) is 12.4 Å². The second-order valence-corrected chi connectivity index (χ2v) is 2.64. The molecule has 16 heavy (non-hydrogen) atoms. The molecule has 1 aromatic rings. The smallest absolute Gasteiger partial charge is 0.387 e. The van der Waals surface area contributed by atoms with Crippen LogP contribution >= 0.6 is 0 Å². The van der Waals surface area contributed by atoms with Gasteiger partial charge >= 0.3 is 12.4 Å². The van der Waals surface area contributed by atoms with Crippen LogP contribution in [0.15, 0.2) is 30.3 Å². The first-order chi connectivity index (χ1) is 7.17. The highest BCUT2D eigenvalue weighted by Crippen LogP contribution is 2.28. The molecule has 1 N–H and O–H groups in total. The van der Waals surface area contributed by atoms with Gasteiger partial charge in [0.25, 0.3) is 0 Å². The number of alkyl halides is 6. The van der Waals surface area contributed by atoms with E-state index in [0.717, 1.165) is 12.1 Å². The quantitative estimate of drug-likeness (QED) is 0.696. The summed E-state index contributed by atoms with van der Waals surface area (Å²) in [5, 5.41) is 7.28. The fourth-order valence-corrected chi connectivity index (χ4v) is 0.627. The Bertz CT molecular complexity index is 289. The molecule has 0 aromatic heterocycles. The third-order valence-corrected chi connectivity index (χ3v) is 1.28. The lowest BCUT2D eigenvalue weighted by atomic mass is 10.2. The molecule has 92 valence electrons. The molecule has 0 aliphatic rings. The molecular formula is C9H8F6O. The summed E-state index contributed by atoms with van der Waals surface area (Å²) in [6.45, 7) is -1.73. The predicted octanol–water partition coefficient (Wildman–Crippen LogP) is 3.25. The predicted molar refractivity (Wildman–Crippen MR) is 44.6 cm³/mol. The Morgan fingerprint density at radius 3 is 1.44 bits per heavy atom. The lowest BCUT2D eigenvalue weighted by Crippen LogP contribution is -2.12. The van der Waals surface area contributed by atoms with Gasteiger partial charge in [-0.05, 0) is 0 Å². The third kappa shape index (κ3) is 7.10. The van der Waals surface area contributed by atoms with Gasteiger partial charge in [-0.1, -0.05) is 30.3 Å². The van der Waals surface area contributed by atoms with Crippen molar-refractivity contribution in [3.63, 3.8) is 0 Å². The molecule has 0 saturated heterocycles. The van der Waals surface area contributed by atoms with Crippen LogP contribution in [0.1, 0.15) is 5.56 Å². The standard InChI is InChI=1S/C7H5F3.C2H3F3O/c8-7(9,10)6-4-2-1-3-5-6;3-2(4,5)1-6/h1-5H;6H,1H2. The van der Waals surface area contributed by atoms with Gasteiger partial charge < -0.3 is 5.11 Å². The summed E-state index contributed by atoms with van der Waals surface area (Å²) in [6, 6.07) is 6.36. The number of rotatable bonds is 0. The van der Waals surface area contributed by atoms with Gasteiger partial charge in [-0.15, -0.1) is 0 Å². The molecule has 0 fully saturated rings. The zero-order valence-corrected chi connectivity index (χ0v) is 7.81. The zero-order valence-electron chi connectivity index (χ0n) is 7.81. The van der Waals surface area contributed by atoms with E-state index in [1.54, 1.807) is 6.07 Å². The monoisotopic (exact) mass is 246 g/mol. The minimum Gasteiger partial charge on any atom is -0.387 e. The van der Waals surface area contributed by atoms with Crippen LogP contribution in [0.25, 0.3) is 0 Å². The maximum atomic E-state index is 11.8. The molecule has 1 nitrogen and oxygen atoms in total. The van der Waals surface area contributed by atoms with Crippen LogP contribution in [0.4, 0.5) is 26.3 Å². The van der Waals surface area contributed by atoms with Gasteiger partial charge in [0.1, 0.15) is 6.61 Å². The fraction of sp³-hybridized carbons (Fsp3) is 0.333. The van der Waals surface area contributed by atoms with E-state index in [1.807, 2.05) is 0 Å². The summed E-state index contributed by atoms with van der Waals surface area (Å²) in [5.41, 5.74) is -0.602. The number of halogens is 6. The SMILES string of the molecule is FC(F)(F)c1ccccc1.OCC(F)(F)F. The maximum Gasteiger partial charge on any atom is 0.416 e. The summed E-state index contributed by atoms with van der Waals surface area (Å²) in [7, 11) is 0. The Morgan fingerprint density at radius 1 is 0.875 bits per heavy atom. The lowest BCUT2D eigenvalue weighted by Gasteiger charge is -2.03. The molecule has 1 rings (SSSR count). The van der Waals surface area contributed by atoms with Crippen LogP contribution in [0.5, 0.6) is 0 Å². The van der Waals surface area contributed by atoms with Crippen LogP contribution in [-0.2, 0) is 6.18 Å². The second-order valence-electron chi connectivity index (χ2n) is 2.64. The minimum absolute atomic E-state index is 0.602. The summed E-state index contributed by atoms with van der Waals surface area (Å²) >= 11 is 0. The topological polar surface area (TPSA) is 20.2 Å². The van der Waals surface area contributed by atoms with Crippen molar-refractivity contribution in [3.05, 3.63) is 35.9 Å². The highest BCUT2D eigenvalue weighted by molar-refractivity contribution is 5.17. The summed E-state index contributed by atoms with van der Waals surface area (Å²) in [6.07, 6.45) is -8.61. The number of aliphatic hydroxyl groups is 1. The average molecular weight is 246 g/mol. The Labute approximate surface area is 87.3 Å². The van der Waals surface area contributed by atoms with E-state index in [2.05, 4.69) is 0 Å². The molecule has 0 heterocycles. The Kier molecular flexibility index (Phi) is 5.29. The Balaban J connectivity index is 0.000000325. The number of aliphatic hydroxyl groups excluding tert-OH is 1. The first-order valence-corrected chi connectivity index (χ1v) is 3.96. The van der Waals surface area contributed by atoms with Crippen molar-refractivity contribution in [1.82, 2.24) is 0 Å². The summed E-state index contributed by atoms with van der Waals surface area (Å²) in [5.74, 6) is 0.